The Hall–Kier alpha value is -0.0800. The van der Waals surface area contributed by atoms with Crippen molar-refractivity contribution in [1.29, 1.82) is 0 Å². The molecule has 2 unspecified atom stereocenters. The van der Waals surface area contributed by atoms with Crippen molar-refractivity contribution in [1.82, 2.24) is 10.2 Å². The van der Waals surface area contributed by atoms with E-state index in [2.05, 4.69) is 38.2 Å². The molecule has 0 aliphatic heterocycles. The average Bonchev–Trinajstić information content (AvgIpc) is 1.98. The third kappa shape index (κ3) is 4.73. The van der Waals surface area contributed by atoms with Gasteiger partial charge in [0.2, 0.25) is 0 Å². The Labute approximate surface area is 77.3 Å². The highest BCUT2D eigenvalue weighted by atomic mass is 15.1. The first-order valence-corrected chi connectivity index (χ1v) is 4.91. The van der Waals surface area contributed by atoms with Gasteiger partial charge < -0.3 is 10.2 Å². The van der Waals surface area contributed by atoms with Crippen LogP contribution in [-0.2, 0) is 0 Å². The molecule has 2 nitrogen and oxygen atoms in total. The summed E-state index contributed by atoms with van der Waals surface area (Å²) in [6.45, 7) is 6.95. The molecule has 0 bridgehead atoms. The van der Waals surface area contributed by atoms with E-state index in [1.807, 2.05) is 7.05 Å². The Morgan fingerprint density at radius 2 is 1.92 bits per heavy atom. The van der Waals surface area contributed by atoms with Crippen LogP contribution in [0.25, 0.3) is 0 Å². The lowest BCUT2D eigenvalue weighted by Gasteiger charge is -2.25. The molecule has 2 heteroatoms. The van der Waals surface area contributed by atoms with Crippen molar-refractivity contribution in [2.24, 2.45) is 11.8 Å². The second-order valence-electron chi connectivity index (χ2n) is 3.97. The van der Waals surface area contributed by atoms with Crippen LogP contribution in [0.1, 0.15) is 20.3 Å². The van der Waals surface area contributed by atoms with Gasteiger partial charge in [-0.3, -0.25) is 0 Å². The van der Waals surface area contributed by atoms with Crippen LogP contribution >= 0.6 is 0 Å². The van der Waals surface area contributed by atoms with Crippen LogP contribution in [0.5, 0.6) is 0 Å². The van der Waals surface area contributed by atoms with Crippen molar-refractivity contribution in [3.63, 3.8) is 0 Å². The van der Waals surface area contributed by atoms with Gasteiger partial charge in [-0.1, -0.05) is 20.3 Å². The molecule has 0 amide bonds. The summed E-state index contributed by atoms with van der Waals surface area (Å²) in [6.07, 6.45) is 1.27. The predicted molar refractivity (Wildman–Crippen MR) is 55.4 cm³/mol. The van der Waals surface area contributed by atoms with Crippen molar-refractivity contribution in [2.75, 3.05) is 34.2 Å². The number of nitrogens with one attached hydrogen (secondary N) is 1. The van der Waals surface area contributed by atoms with Crippen LogP contribution in [0.3, 0.4) is 0 Å². The van der Waals surface area contributed by atoms with Gasteiger partial charge in [0, 0.05) is 6.54 Å². The predicted octanol–water partition coefficient (Wildman–Crippen LogP) is 1.43. The Morgan fingerprint density at radius 1 is 1.33 bits per heavy atom. The van der Waals surface area contributed by atoms with E-state index in [9.17, 15) is 0 Å². The van der Waals surface area contributed by atoms with E-state index in [1.165, 1.54) is 13.0 Å². The molecule has 0 heterocycles. The Kier molecular flexibility index (Phi) is 6.39. The quantitative estimate of drug-likeness (QED) is 0.652. The van der Waals surface area contributed by atoms with Crippen molar-refractivity contribution in [2.45, 2.75) is 20.3 Å². The second-order valence-corrected chi connectivity index (χ2v) is 3.97. The van der Waals surface area contributed by atoms with Crippen LogP contribution in [0.4, 0.5) is 0 Å². The first-order valence-electron chi connectivity index (χ1n) is 4.91. The van der Waals surface area contributed by atoms with Gasteiger partial charge in [0.1, 0.15) is 0 Å². The smallest absolute Gasteiger partial charge is 0.000404 e. The van der Waals surface area contributed by atoms with E-state index in [4.69, 9.17) is 0 Å². The highest BCUT2D eigenvalue weighted by Gasteiger charge is 2.14. The van der Waals surface area contributed by atoms with Crippen molar-refractivity contribution in [3.05, 3.63) is 0 Å². The highest BCUT2D eigenvalue weighted by molar-refractivity contribution is 4.68. The molecule has 0 rings (SSSR count). The maximum Gasteiger partial charge on any atom is 0.000404 e. The van der Waals surface area contributed by atoms with E-state index in [-0.39, 0.29) is 0 Å². The average molecular weight is 172 g/mol. The molecule has 74 valence electrons. The maximum absolute atomic E-state index is 3.25. The number of hydrogen-bond acceptors (Lipinski definition) is 2. The molecule has 0 aromatic heterocycles. The topological polar surface area (TPSA) is 15.3 Å². The van der Waals surface area contributed by atoms with E-state index >= 15 is 0 Å². The normalized spacial score (nSPS) is 16.5. The first kappa shape index (κ1) is 11.9. The van der Waals surface area contributed by atoms with Gasteiger partial charge in [-0.25, -0.2) is 0 Å². The lowest BCUT2D eigenvalue weighted by molar-refractivity contribution is 0.254. The summed E-state index contributed by atoms with van der Waals surface area (Å²) in [5, 5.41) is 3.25. The van der Waals surface area contributed by atoms with Gasteiger partial charge in [-0.15, -0.1) is 0 Å². The molecule has 0 aromatic carbocycles. The molecule has 1 N–H and O–H groups in total. The van der Waals surface area contributed by atoms with E-state index in [0.29, 0.717) is 0 Å². The summed E-state index contributed by atoms with van der Waals surface area (Å²) in [7, 11) is 6.32. The molecule has 0 saturated heterocycles. The lowest BCUT2D eigenvalue weighted by Crippen LogP contribution is -2.30. The van der Waals surface area contributed by atoms with Gasteiger partial charge >= 0.3 is 0 Å². The molecule has 0 saturated carbocycles. The van der Waals surface area contributed by atoms with Crippen LogP contribution < -0.4 is 5.32 Å². The molecule has 2 atom stereocenters. The minimum atomic E-state index is 0.789. The maximum atomic E-state index is 3.25. The fourth-order valence-electron chi connectivity index (χ4n) is 1.74. The fourth-order valence-corrected chi connectivity index (χ4v) is 1.74. The van der Waals surface area contributed by atoms with Crippen LogP contribution in [-0.4, -0.2) is 39.1 Å². The summed E-state index contributed by atoms with van der Waals surface area (Å²) < 4.78 is 0. The molecule has 12 heavy (non-hydrogen) atoms. The molecule has 0 fully saturated rings. The van der Waals surface area contributed by atoms with Crippen molar-refractivity contribution < 1.29 is 0 Å². The summed E-state index contributed by atoms with van der Waals surface area (Å²) in [5.74, 6) is 1.61. The third-order valence-electron chi connectivity index (χ3n) is 2.45. The highest BCUT2D eigenvalue weighted by Crippen LogP contribution is 2.14. The summed E-state index contributed by atoms with van der Waals surface area (Å²) in [5.41, 5.74) is 0. The first-order chi connectivity index (χ1) is 5.61. The van der Waals surface area contributed by atoms with Gasteiger partial charge in [-0.2, -0.15) is 0 Å². The molecule has 0 radical (unpaired) electrons. The largest absolute Gasteiger partial charge is 0.319 e. The second kappa shape index (κ2) is 6.44. The van der Waals surface area contributed by atoms with Crippen LogP contribution in [0.2, 0.25) is 0 Å². The lowest BCUT2D eigenvalue weighted by atomic mass is 9.91. The molecule has 0 aliphatic rings. The zero-order chi connectivity index (χ0) is 9.56. The summed E-state index contributed by atoms with van der Waals surface area (Å²) >= 11 is 0. The molecule has 0 aromatic rings. The standard InChI is InChI=1S/C10H24N2/c1-6-10(7-11-3)9(2)8-12(4)5/h9-11H,6-8H2,1-5H3. The summed E-state index contributed by atoms with van der Waals surface area (Å²) in [4.78, 5) is 2.27. The van der Waals surface area contributed by atoms with E-state index < -0.39 is 0 Å². The van der Waals surface area contributed by atoms with Crippen LogP contribution in [0.15, 0.2) is 0 Å². The van der Waals surface area contributed by atoms with Crippen LogP contribution in [0, 0.1) is 11.8 Å². The number of rotatable bonds is 6. The Morgan fingerprint density at radius 3 is 2.25 bits per heavy atom. The van der Waals surface area contributed by atoms with Gasteiger partial charge in [0.25, 0.3) is 0 Å². The van der Waals surface area contributed by atoms with Crippen molar-refractivity contribution in [3.8, 4) is 0 Å². The zero-order valence-electron chi connectivity index (χ0n) is 9.22. The molecule has 0 spiro atoms. The minimum Gasteiger partial charge on any atom is -0.319 e. The Balaban J connectivity index is 3.76. The Bertz CT molecular complexity index is 102. The SMILES string of the molecule is CCC(CNC)C(C)CN(C)C. The third-order valence-corrected chi connectivity index (χ3v) is 2.45. The summed E-state index contributed by atoms with van der Waals surface area (Å²) in [6, 6.07) is 0. The van der Waals surface area contributed by atoms with Gasteiger partial charge in [0.05, 0.1) is 0 Å². The molecular weight excluding hydrogens is 148 g/mol. The van der Waals surface area contributed by atoms with E-state index in [1.54, 1.807) is 0 Å². The minimum absolute atomic E-state index is 0.789. The van der Waals surface area contributed by atoms with Gasteiger partial charge in [0.15, 0.2) is 0 Å². The fraction of sp³-hybridized carbons (Fsp3) is 1.00. The monoisotopic (exact) mass is 172 g/mol. The molecular formula is C10H24N2. The number of hydrogen-bond donors (Lipinski definition) is 1. The van der Waals surface area contributed by atoms with Gasteiger partial charge in [-0.05, 0) is 39.5 Å². The van der Waals surface area contributed by atoms with E-state index in [0.717, 1.165) is 18.4 Å². The van der Waals surface area contributed by atoms with Crippen molar-refractivity contribution >= 4 is 0 Å². The zero-order valence-corrected chi connectivity index (χ0v) is 9.22. The molecule has 0 aliphatic carbocycles. The number of nitrogens with zero attached hydrogens (tertiary/aromatic N) is 1.